The summed E-state index contributed by atoms with van der Waals surface area (Å²) in [5, 5.41) is 0. The Hall–Kier alpha value is -2.89. The van der Waals surface area contributed by atoms with Crippen LogP contribution in [-0.2, 0) is 14.8 Å². The maximum Gasteiger partial charge on any atom is 0.387 e. The molecule has 0 aromatic heterocycles. The third-order valence-corrected chi connectivity index (χ3v) is 7.30. The number of halogens is 3. The molecule has 0 saturated carbocycles. The van der Waals surface area contributed by atoms with Gasteiger partial charge >= 0.3 is 6.61 Å². The summed E-state index contributed by atoms with van der Waals surface area (Å²) >= 11 is 0. The third kappa shape index (κ3) is 4.36. The molecule has 1 unspecified atom stereocenters. The fourth-order valence-corrected chi connectivity index (χ4v) is 4.95. The molecule has 2 heterocycles. The van der Waals surface area contributed by atoms with E-state index in [9.17, 15) is 26.4 Å². The van der Waals surface area contributed by atoms with Gasteiger partial charge < -0.3 is 15.4 Å². The lowest BCUT2D eigenvalue weighted by Crippen LogP contribution is -2.53. The lowest BCUT2D eigenvalue weighted by atomic mass is 9.95. The number of alkyl halides is 2. The Morgan fingerprint density at radius 1 is 0.938 bits per heavy atom. The molecule has 0 aliphatic carbocycles. The molecule has 2 aromatic rings. The van der Waals surface area contributed by atoms with Gasteiger partial charge in [-0.15, -0.1) is 0 Å². The number of sulfonamides is 1. The minimum absolute atomic E-state index is 0.0150. The molecule has 7 nitrogen and oxygen atoms in total. The quantitative estimate of drug-likeness (QED) is 0.658. The van der Waals surface area contributed by atoms with Gasteiger partial charge in [-0.05, 0) is 53.1 Å². The van der Waals surface area contributed by atoms with Gasteiger partial charge in [-0.2, -0.15) is 13.1 Å². The minimum Gasteiger partial charge on any atom is -0.435 e. The van der Waals surface area contributed by atoms with Crippen molar-refractivity contribution in [3.05, 3.63) is 71.1 Å². The van der Waals surface area contributed by atoms with Crippen molar-refractivity contribution >= 4 is 15.9 Å². The highest BCUT2D eigenvalue weighted by molar-refractivity contribution is 7.89. The van der Waals surface area contributed by atoms with Crippen molar-refractivity contribution < 1.29 is 31.1 Å². The van der Waals surface area contributed by atoms with Crippen molar-refractivity contribution in [2.75, 3.05) is 26.2 Å². The maximum atomic E-state index is 13.0. The molecule has 11 heteroatoms. The second kappa shape index (κ2) is 8.57. The van der Waals surface area contributed by atoms with Crippen molar-refractivity contribution in [1.82, 2.24) is 9.21 Å². The summed E-state index contributed by atoms with van der Waals surface area (Å²) in [5.74, 6) is -0.814. The average molecular weight is 467 g/mol. The molecule has 1 amide bonds. The number of likely N-dealkylation sites (tertiary alicyclic amines) is 1. The van der Waals surface area contributed by atoms with Crippen LogP contribution in [0.25, 0.3) is 0 Å². The molecular formula is C21H20F3N3O4S. The predicted octanol–water partition coefficient (Wildman–Crippen LogP) is 2.27. The normalized spacial score (nSPS) is 17.7. The van der Waals surface area contributed by atoms with Gasteiger partial charge in [-0.1, -0.05) is 12.1 Å². The van der Waals surface area contributed by atoms with Gasteiger partial charge in [-0.25, -0.2) is 12.8 Å². The summed E-state index contributed by atoms with van der Waals surface area (Å²) in [6.45, 7) is -1.83. The zero-order valence-corrected chi connectivity index (χ0v) is 17.6. The topological polar surface area (TPSA) is 92.9 Å². The van der Waals surface area contributed by atoms with Gasteiger partial charge in [0.2, 0.25) is 15.9 Å². The summed E-state index contributed by atoms with van der Waals surface area (Å²) in [5.41, 5.74) is 8.42. The Kier molecular flexibility index (Phi) is 5.97. The molecule has 2 fully saturated rings. The monoisotopic (exact) mass is 467 g/mol. The van der Waals surface area contributed by atoms with E-state index in [1.165, 1.54) is 52.8 Å². The van der Waals surface area contributed by atoms with Crippen LogP contribution in [0.5, 0.6) is 5.75 Å². The largest absolute Gasteiger partial charge is 0.435 e. The number of nitrogens with two attached hydrogens (primary N) is 1. The van der Waals surface area contributed by atoms with Crippen LogP contribution in [0.1, 0.15) is 11.6 Å². The van der Waals surface area contributed by atoms with E-state index in [0.717, 1.165) is 11.1 Å². The number of ether oxygens (including phenoxy) is 1. The number of hydrogen-bond acceptors (Lipinski definition) is 5. The summed E-state index contributed by atoms with van der Waals surface area (Å²) in [6, 6.07) is 9.34. The van der Waals surface area contributed by atoms with E-state index in [-0.39, 0.29) is 29.6 Å². The molecule has 0 bridgehead atoms. The Morgan fingerprint density at radius 2 is 1.50 bits per heavy atom. The number of carbonyl (C=O) groups is 1. The van der Waals surface area contributed by atoms with E-state index in [0.29, 0.717) is 18.7 Å². The van der Waals surface area contributed by atoms with Crippen LogP contribution in [0.15, 0.2) is 64.6 Å². The van der Waals surface area contributed by atoms with Crippen LogP contribution in [0, 0.1) is 5.82 Å². The van der Waals surface area contributed by atoms with Crippen molar-refractivity contribution in [1.29, 1.82) is 0 Å². The van der Waals surface area contributed by atoms with Crippen molar-refractivity contribution in [2.24, 2.45) is 5.73 Å². The van der Waals surface area contributed by atoms with Gasteiger partial charge in [0.25, 0.3) is 0 Å². The molecule has 4 rings (SSSR count). The SMILES string of the molecule is NC(C(=O)N1CC(=C2CN(S(=O)(=O)c3ccc(OC(F)F)cc3)C2)C1)c1ccc(F)cc1. The zero-order chi connectivity index (χ0) is 23.0. The van der Waals surface area contributed by atoms with E-state index in [1.54, 1.807) is 4.90 Å². The van der Waals surface area contributed by atoms with Crippen LogP contribution in [0.3, 0.4) is 0 Å². The van der Waals surface area contributed by atoms with Crippen molar-refractivity contribution in [3.63, 3.8) is 0 Å². The first-order valence-corrected chi connectivity index (χ1v) is 11.1. The molecule has 2 saturated heterocycles. The Balaban J connectivity index is 1.33. The van der Waals surface area contributed by atoms with Crippen LogP contribution < -0.4 is 10.5 Å². The van der Waals surface area contributed by atoms with Gasteiger partial charge in [-0.3, -0.25) is 4.79 Å². The smallest absolute Gasteiger partial charge is 0.387 e. The Labute approximate surface area is 182 Å². The number of hydrogen-bond donors (Lipinski definition) is 1. The second-order valence-electron chi connectivity index (χ2n) is 7.55. The predicted molar refractivity (Wildman–Crippen MR) is 109 cm³/mol. The van der Waals surface area contributed by atoms with Crippen molar-refractivity contribution in [2.45, 2.75) is 17.5 Å². The first-order valence-electron chi connectivity index (χ1n) is 9.70. The molecule has 2 N–H and O–H groups in total. The van der Waals surface area contributed by atoms with Crippen LogP contribution in [0.2, 0.25) is 0 Å². The number of benzene rings is 2. The fraction of sp³-hybridized carbons (Fsp3) is 0.286. The Morgan fingerprint density at radius 3 is 2.06 bits per heavy atom. The number of amides is 1. The molecule has 1 atom stereocenters. The molecule has 0 radical (unpaired) electrons. The van der Waals surface area contributed by atoms with Gasteiger partial charge in [0.05, 0.1) is 4.90 Å². The molecule has 2 aromatic carbocycles. The number of nitrogens with zero attached hydrogens (tertiary/aromatic N) is 2. The molecule has 2 aliphatic heterocycles. The van der Waals surface area contributed by atoms with Crippen molar-refractivity contribution in [3.8, 4) is 5.75 Å². The lowest BCUT2D eigenvalue weighted by Gasteiger charge is -2.42. The molecule has 2 aliphatic rings. The van der Waals surface area contributed by atoms with Crippen LogP contribution in [-0.4, -0.2) is 56.3 Å². The standard InChI is InChI=1S/C21H20F3N3O4S/c22-16-3-1-13(2-4-16)19(25)20(28)26-9-14(10-26)15-11-27(12-15)32(29,30)18-7-5-17(6-8-18)31-21(23)24/h1-8,19,21H,9-12,25H2. The first-order chi connectivity index (χ1) is 15.1. The summed E-state index contributed by atoms with van der Waals surface area (Å²) in [7, 11) is -3.76. The van der Waals surface area contributed by atoms with Gasteiger partial charge in [0.15, 0.2) is 0 Å². The lowest BCUT2D eigenvalue weighted by molar-refractivity contribution is -0.134. The van der Waals surface area contributed by atoms with Crippen LogP contribution in [0.4, 0.5) is 13.2 Å². The third-order valence-electron chi connectivity index (χ3n) is 5.49. The number of rotatable bonds is 6. The average Bonchev–Trinajstić information content (AvgIpc) is 2.68. The van der Waals surface area contributed by atoms with E-state index in [1.807, 2.05) is 0 Å². The highest BCUT2D eigenvalue weighted by atomic mass is 32.2. The molecule has 170 valence electrons. The minimum atomic E-state index is -3.76. The summed E-state index contributed by atoms with van der Waals surface area (Å²) < 4.78 is 68.3. The second-order valence-corrected chi connectivity index (χ2v) is 9.49. The van der Waals surface area contributed by atoms with E-state index >= 15 is 0 Å². The Bertz CT molecular complexity index is 1140. The highest BCUT2D eigenvalue weighted by Crippen LogP contribution is 2.31. The molecule has 32 heavy (non-hydrogen) atoms. The van der Waals surface area contributed by atoms with E-state index < -0.39 is 28.5 Å². The highest BCUT2D eigenvalue weighted by Gasteiger charge is 2.38. The van der Waals surface area contributed by atoms with Crippen LogP contribution >= 0.6 is 0 Å². The number of carbonyl (C=O) groups excluding carboxylic acids is 1. The fourth-order valence-electron chi connectivity index (χ4n) is 3.52. The zero-order valence-electron chi connectivity index (χ0n) is 16.7. The molecule has 0 spiro atoms. The van der Waals surface area contributed by atoms with Gasteiger partial charge in [0, 0.05) is 26.2 Å². The first kappa shape index (κ1) is 22.3. The maximum absolute atomic E-state index is 13.0. The van der Waals surface area contributed by atoms with E-state index in [4.69, 9.17) is 5.73 Å². The summed E-state index contributed by atoms with van der Waals surface area (Å²) in [6.07, 6.45) is 0. The van der Waals surface area contributed by atoms with E-state index in [2.05, 4.69) is 4.74 Å². The summed E-state index contributed by atoms with van der Waals surface area (Å²) in [4.78, 5) is 14.1. The van der Waals surface area contributed by atoms with Gasteiger partial charge in [0.1, 0.15) is 17.6 Å². The molecular weight excluding hydrogens is 447 g/mol.